The molecule has 3 rings (SSSR count). The lowest BCUT2D eigenvalue weighted by Gasteiger charge is -2.26. The fourth-order valence-electron chi connectivity index (χ4n) is 2.25. The molecule has 4 nitrogen and oxygen atoms in total. The van der Waals surface area contributed by atoms with Crippen molar-refractivity contribution in [2.45, 2.75) is 31.3 Å². The molecule has 0 aliphatic carbocycles. The molecular formula is C14H15N3OS2. The molecule has 0 N–H and O–H groups in total. The number of amides is 1. The van der Waals surface area contributed by atoms with E-state index in [4.69, 9.17) is 0 Å². The van der Waals surface area contributed by atoms with Gasteiger partial charge >= 0.3 is 0 Å². The first-order chi connectivity index (χ1) is 9.66. The van der Waals surface area contributed by atoms with E-state index in [2.05, 4.69) is 28.6 Å². The number of hydrogen-bond donors (Lipinski definition) is 0. The summed E-state index contributed by atoms with van der Waals surface area (Å²) in [5, 5.41) is 3.94. The van der Waals surface area contributed by atoms with Crippen molar-refractivity contribution in [1.82, 2.24) is 14.5 Å². The van der Waals surface area contributed by atoms with Crippen LogP contribution in [0.25, 0.3) is 0 Å². The van der Waals surface area contributed by atoms with E-state index >= 15 is 0 Å². The van der Waals surface area contributed by atoms with Crippen LogP contribution in [-0.2, 0) is 6.54 Å². The van der Waals surface area contributed by atoms with Gasteiger partial charge in [0.1, 0.15) is 4.88 Å². The van der Waals surface area contributed by atoms with Crippen LogP contribution < -0.4 is 0 Å². The van der Waals surface area contributed by atoms with Crippen LogP contribution in [0, 0.1) is 6.92 Å². The second kappa shape index (κ2) is 5.54. The van der Waals surface area contributed by atoms with Crippen LogP contribution in [0.1, 0.15) is 27.9 Å². The fraction of sp³-hybridized carbons (Fsp3) is 0.357. The largest absolute Gasteiger partial charge is 0.330 e. The minimum atomic E-state index is 0.0438. The fourth-order valence-corrected chi connectivity index (χ4v) is 3.95. The SMILES string of the molecule is Cc1nnsc1C(=O)N1Cc2ccccc2SCC1C. The molecule has 2 heterocycles. The summed E-state index contributed by atoms with van der Waals surface area (Å²) < 4.78 is 3.87. The first kappa shape index (κ1) is 13.6. The van der Waals surface area contributed by atoms with Gasteiger partial charge in [-0.05, 0) is 37.0 Å². The van der Waals surface area contributed by atoms with Gasteiger partial charge in [-0.3, -0.25) is 4.79 Å². The predicted octanol–water partition coefficient (Wildman–Crippen LogP) is 2.98. The van der Waals surface area contributed by atoms with Crippen molar-refractivity contribution < 1.29 is 4.79 Å². The zero-order valence-electron chi connectivity index (χ0n) is 11.4. The highest BCUT2D eigenvalue weighted by molar-refractivity contribution is 7.99. The van der Waals surface area contributed by atoms with Crippen molar-refractivity contribution in [2.24, 2.45) is 0 Å². The number of nitrogens with zero attached hydrogens (tertiary/aromatic N) is 3. The topological polar surface area (TPSA) is 46.1 Å². The highest BCUT2D eigenvalue weighted by atomic mass is 32.2. The number of carbonyl (C=O) groups excluding carboxylic acids is 1. The van der Waals surface area contributed by atoms with Crippen molar-refractivity contribution in [1.29, 1.82) is 0 Å². The third-order valence-electron chi connectivity index (χ3n) is 3.43. The molecule has 1 aliphatic heterocycles. The summed E-state index contributed by atoms with van der Waals surface area (Å²) in [5.41, 5.74) is 1.93. The molecule has 0 bridgehead atoms. The molecule has 2 aromatic rings. The van der Waals surface area contributed by atoms with Gasteiger partial charge in [-0.25, -0.2) is 0 Å². The molecule has 0 saturated heterocycles. The molecule has 20 heavy (non-hydrogen) atoms. The van der Waals surface area contributed by atoms with Gasteiger partial charge in [-0.2, -0.15) is 0 Å². The first-order valence-electron chi connectivity index (χ1n) is 6.47. The van der Waals surface area contributed by atoms with E-state index < -0.39 is 0 Å². The summed E-state index contributed by atoms with van der Waals surface area (Å²) in [6.45, 7) is 4.59. The molecular weight excluding hydrogens is 290 g/mol. The second-order valence-electron chi connectivity index (χ2n) is 4.89. The quantitative estimate of drug-likeness (QED) is 0.812. The molecule has 0 fully saturated rings. The Morgan fingerprint density at radius 1 is 1.40 bits per heavy atom. The highest BCUT2D eigenvalue weighted by Gasteiger charge is 2.28. The minimum absolute atomic E-state index is 0.0438. The van der Waals surface area contributed by atoms with Crippen LogP contribution in [-0.4, -0.2) is 32.2 Å². The lowest BCUT2D eigenvalue weighted by atomic mass is 10.1. The van der Waals surface area contributed by atoms with Crippen molar-refractivity contribution in [3.8, 4) is 0 Å². The standard InChI is InChI=1S/C14H15N3OS2/c1-9-8-19-12-6-4-3-5-11(12)7-17(9)14(18)13-10(2)15-16-20-13/h3-6,9H,7-8H2,1-2H3. The average molecular weight is 305 g/mol. The van der Waals surface area contributed by atoms with Crippen LogP contribution >= 0.6 is 23.3 Å². The number of fused-ring (bicyclic) bond motifs is 1. The lowest BCUT2D eigenvalue weighted by Crippen LogP contribution is -2.38. The average Bonchev–Trinajstić information content (AvgIpc) is 2.80. The molecule has 0 radical (unpaired) electrons. The Balaban J connectivity index is 1.93. The molecule has 1 aromatic carbocycles. The lowest BCUT2D eigenvalue weighted by molar-refractivity contribution is 0.0698. The van der Waals surface area contributed by atoms with Crippen LogP contribution in [0.4, 0.5) is 0 Å². The molecule has 1 aromatic heterocycles. The molecule has 1 aliphatic rings. The van der Waals surface area contributed by atoms with Crippen LogP contribution in [0.2, 0.25) is 0 Å². The van der Waals surface area contributed by atoms with E-state index in [9.17, 15) is 4.79 Å². The Kier molecular flexibility index (Phi) is 3.76. The van der Waals surface area contributed by atoms with E-state index in [-0.39, 0.29) is 11.9 Å². The molecule has 0 spiro atoms. The first-order valence-corrected chi connectivity index (χ1v) is 8.23. The van der Waals surface area contributed by atoms with E-state index in [1.54, 1.807) is 0 Å². The van der Waals surface area contributed by atoms with Gasteiger partial charge in [0.05, 0.1) is 5.69 Å². The number of rotatable bonds is 1. The Morgan fingerprint density at radius 2 is 2.20 bits per heavy atom. The number of hydrogen-bond acceptors (Lipinski definition) is 5. The summed E-state index contributed by atoms with van der Waals surface area (Å²) in [5.74, 6) is 0.955. The molecule has 0 saturated carbocycles. The molecule has 1 unspecified atom stereocenters. The second-order valence-corrected chi connectivity index (χ2v) is 6.70. The van der Waals surface area contributed by atoms with Gasteiger partial charge in [0.2, 0.25) is 0 Å². The molecule has 6 heteroatoms. The van der Waals surface area contributed by atoms with Gasteiger partial charge in [0.15, 0.2) is 0 Å². The number of aromatic nitrogens is 2. The Labute approximate surface area is 126 Å². The maximum Gasteiger partial charge on any atom is 0.268 e. The monoisotopic (exact) mass is 305 g/mol. The third-order valence-corrected chi connectivity index (χ3v) is 5.61. The van der Waals surface area contributed by atoms with Gasteiger partial charge in [-0.1, -0.05) is 22.7 Å². The zero-order valence-corrected chi connectivity index (χ0v) is 13.0. The van der Waals surface area contributed by atoms with Gasteiger partial charge in [-0.15, -0.1) is 16.9 Å². The number of carbonyl (C=O) groups is 1. The summed E-state index contributed by atoms with van der Waals surface area (Å²) in [7, 11) is 0. The number of aryl methyl sites for hydroxylation is 1. The normalized spacial score (nSPS) is 18.5. The van der Waals surface area contributed by atoms with Crippen molar-refractivity contribution >= 4 is 29.2 Å². The third kappa shape index (κ3) is 2.45. The Bertz CT molecular complexity index is 641. The zero-order chi connectivity index (χ0) is 14.1. The summed E-state index contributed by atoms with van der Waals surface area (Å²) in [4.78, 5) is 16.6. The van der Waals surface area contributed by atoms with Crippen molar-refractivity contribution in [3.05, 3.63) is 40.4 Å². The smallest absolute Gasteiger partial charge is 0.268 e. The number of thioether (sulfide) groups is 1. The van der Waals surface area contributed by atoms with E-state index in [1.807, 2.05) is 35.7 Å². The minimum Gasteiger partial charge on any atom is -0.330 e. The maximum absolute atomic E-state index is 12.7. The summed E-state index contributed by atoms with van der Waals surface area (Å²) >= 11 is 3.00. The summed E-state index contributed by atoms with van der Waals surface area (Å²) in [6, 6.07) is 8.49. The Hall–Kier alpha value is -1.40. The molecule has 1 atom stereocenters. The van der Waals surface area contributed by atoms with Gasteiger partial charge < -0.3 is 4.90 Å². The van der Waals surface area contributed by atoms with E-state index in [0.717, 1.165) is 11.4 Å². The van der Waals surface area contributed by atoms with Crippen molar-refractivity contribution in [3.63, 3.8) is 0 Å². The maximum atomic E-state index is 12.7. The number of benzene rings is 1. The molecule has 1 amide bonds. The highest BCUT2D eigenvalue weighted by Crippen LogP contribution is 2.31. The van der Waals surface area contributed by atoms with Crippen molar-refractivity contribution in [2.75, 3.05) is 5.75 Å². The van der Waals surface area contributed by atoms with Gasteiger partial charge in [0, 0.05) is 23.2 Å². The van der Waals surface area contributed by atoms with Gasteiger partial charge in [0.25, 0.3) is 5.91 Å². The Morgan fingerprint density at radius 3 is 2.95 bits per heavy atom. The summed E-state index contributed by atoms with van der Waals surface area (Å²) in [6.07, 6.45) is 0. The predicted molar refractivity (Wildman–Crippen MR) is 81.1 cm³/mol. The molecule has 104 valence electrons. The van der Waals surface area contributed by atoms with E-state index in [0.29, 0.717) is 11.4 Å². The van der Waals surface area contributed by atoms with E-state index in [1.165, 1.54) is 22.0 Å². The van der Waals surface area contributed by atoms with Crippen LogP contribution in [0.15, 0.2) is 29.2 Å². The van der Waals surface area contributed by atoms with Crippen LogP contribution in [0.5, 0.6) is 0 Å². The van der Waals surface area contributed by atoms with Crippen LogP contribution in [0.3, 0.4) is 0 Å².